The predicted octanol–water partition coefficient (Wildman–Crippen LogP) is 4.62. The summed E-state index contributed by atoms with van der Waals surface area (Å²) in [5, 5.41) is 13.6. The van der Waals surface area contributed by atoms with Crippen molar-refractivity contribution in [2.24, 2.45) is 5.92 Å². The minimum absolute atomic E-state index is 0.00787. The number of nitrogens with zero attached hydrogens (tertiary/aromatic N) is 4. The number of halogens is 3. The van der Waals surface area contributed by atoms with E-state index < -0.39 is 56.2 Å². The number of carbonyl (C=O) groups is 1. The summed E-state index contributed by atoms with van der Waals surface area (Å²) >= 11 is 0. The number of nitrogen functional groups attached to an aromatic ring is 1. The number of carbonyl (C=O) groups excluding carboxylic acids is 1. The number of hydrogen-bond donors (Lipinski definition) is 3. The summed E-state index contributed by atoms with van der Waals surface area (Å²) in [5.41, 5.74) is 4.03. The first-order valence-electron chi connectivity index (χ1n) is 15.3. The normalized spacial score (nSPS) is 14.5. The molecule has 16 heteroatoms. The van der Waals surface area contributed by atoms with Gasteiger partial charge in [-0.25, -0.2) is 13.8 Å². The van der Waals surface area contributed by atoms with E-state index in [1.165, 1.54) is 18.0 Å². The van der Waals surface area contributed by atoms with Crippen LogP contribution in [-0.4, -0.2) is 68.7 Å². The zero-order valence-corrected chi connectivity index (χ0v) is 27.5. The topological polar surface area (TPSA) is 164 Å². The Morgan fingerprint density at radius 2 is 1.83 bits per heavy atom. The number of aliphatic hydroxyl groups is 1. The molecule has 4 atom stereocenters. The van der Waals surface area contributed by atoms with Crippen LogP contribution in [0.15, 0.2) is 24.5 Å². The van der Waals surface area contributed by atoms with Crippen LogP contribution < -0.4 is 10.8 Å². The van der Waals surface area contributed by atoms with Gasteiger partial charge in [0, 0.05) is 19.6 Å². The Labute approximate surface area is 272 Å². The third-order valence-corrected chi connectivity index (χ3v) is 8.56. The number of nitrogens with two attached hydrogens (primary N) is 1. The lowest BCUT2D eigenvalue weighted by Crippen LogP contribution is -2.49. The molecule has 0 saturated heterocycles. The maximum Gasteiger partial charge on any atom is 0.614 e. The van der Waals surface area contributed by atoms with Crippen molar-refractivity contribution >= 4 is 31.1 Å². The molecule has 12 nitrogen and oxygen atoms in total. The first-order valence-corrected chi connectivity index (χ1v) is 16.5. The highest BCUT2D eigenvalue weighted by Crippen LogP contribution is 2.27. The van der Waals surface area contributed by atoms with Gasteiger partial charge in [0.25, 0.3) is 0 Å². The molecule has 0 radical (unpaired) electrons. The van der Waals surface area contributed by atoms with Crippen molar-refractivity contribution in [3.05, 3.63) is 47.8 Å². The number of terminal acetylenes is 1. The summed E-state index contributed by atoms with van der Waals surface area (Å²) in [7, 11) is -1.68. The van der Waals surface area contributed by atoms with Crippen LogP contribution in [0.3, 0.4) is 0 Å². The number of fused-ring (bicyclic) bond motifs is 1. The van der Waals surface area contributed by atoms with E-state index >= 15 is 0 Å². The van der Waals surface area contributed by atoms with Crippen LogP contribution in [0, 0.1) is 36.0 Å². The van der Waals surface area contributed by atoms with Crippen molar-refractivity contribution in [1.82, 2.24) is 24.6 Å². The fourth-order valence-electron chi connectivity index (χ4n) is 4.96. The molecule has 2 heterocycles. The van der Waals surface area contributed by atoms with Gasteiger partial charge in [-0.05, 0) is 41.0 Å². The van der Waals surface area contributed by atoms with E-state index in [1.54, 1.807) is 0 Å². The van der Waals surface area contributed by atoms with E-state index in [2.05, 4.69) is 39.8 Å². The fourth-order valence-corrected chi connectivity index (χ4v) is 5.79. The second-order valence-corrected chi connectivity index (χ2v) is 12.2. The van der Waals surface area contributed by atoms with E-state index in [1.807, 2.05) is 0 Å². The molecule has 2 aromatic heterocycles. The van der Waals surface area contributed by atoms with Gasteiger partial charge < -0.3 is 24.9 Å². The summed E-state index contributed by atoms with van der Waals surface area (Å²) < 4.78 is 72.6. The van der Waals surface area contributed by atoms with Crippen LogP contribution in [0.4, 0.5) is 19.0 Å². The van der Waals surface area contributed by atoms with Gasteiger partial charge in [-0.2, -0.15) is 14.4 Å². The summed E-state index contributed by atoms with van der Waals surface area (Å²) in [6.45, 7) is 3.33. The van der Waals surface area contributed by atoms with E-state index in [9.17, 15) is 27.6 Å². The smallest absolute Gasteiger partial charge is 0.464 e. The molecule has 1 aromatic carbocycles. The molecule has 47 heavy (non-hydrogen) atoms. The van der Waals surface area contributed by atoms with Crippen LogP contribution in [0.2, 0.25) is 0 Å². The monoisotopic (exact) mass is 681 g/mol. The molecule has 0 aliphatic rings. The largest absolute Gasteiger partial charge is 0.614 e. The van der Waals surface area contributed by atoms with E-state index in [0.717, 1.165) is 50.7 Å². The predicted molar refractivity (Wildman–Crippen MR) is 168 cm³/mol. The zero-order chi connectivity index (χ0) is 34.6. The van der Waals surface area contributed by atoms with Crippen molar-refractivity contribution in [3.8, 4) is 12.3 Å². The van der Waals surface area contributed by atoms with Gasteiger partial charge in [0.05, 0.1) is 19.5 Å². The average molecular weight is 682 g/mol. The Kier molecular flexibility index (Phi) is 14.5. The first-order chi connectivity index (χ1) is 22.4. The Balaban J connectivity index is 1.73. The van der Waals surface area contributed by atoms with Gasteiger partial charge in [0.2, 0.25) is 0 Å². The highest BCUT2D eigenvalue weighted by atomic mass is 31.1. The lowest BCUT2D eigenvalue weighted by molar-refractivity contribution is -0.147. The minimum atomic E-state index is -2.88. The van der Waals surface area contributed by atoms with Crippen molar-refractivity contribution in [3.63, 3.8) is 0 Å². The van der Waals surface area contributed by atoms with Crippen LogP contribution in [0.5, 0.6) is 0 Å². The number of imidazole rings is 1. The van der Waals surface area contributed by atoms with Gasteiger partial charge in [0.15, 0.2) is 23.1 Å². The minimum Gasteiger partial charge on any atom is -0.464 e. The molecule has 0 spiro atoms. The van der Waals surface area contributed by atoms with Gasteiger partial charge in [-0.3, -0.25) is 4.79 Å². The number of aromatic nitrogens is 4. The maximum atomic E-state index is 13.9. The SMILES string of the molecule is C#CC(CO[P+](=O)N[C@@H](Cc1cc(F)cc(F)c1)C(=O)OCC(CCCC)CCCC)(OC)[C@@H](O)Cn1cnc2c(N)nc(F)nc21. The summed E-state index contributed by atoms with van der Waals surface area (Å²) in [6, 6.07) is 1.49. The Morgan fingerprint density at radius 1 is 1.17 bits per heavy atom. The summed E-state index contributed by atoms with van der Waals surface area (Å²) in [6.07, 6.45) is 9.70. The number of esters is 1. The summed E-state index contributed by atoms with van der Waals surface area (Å²) in [4.78, 5) is 24.4. The highest BCUT2D eigenvalue weighted by Gasteiger charge is 2.42. The highest BCUT2D eigenvalue weighted by molar-refractivity contribution is 7.36. The van der Waals surface area contributed by atoms with Crippen molar-refractivity contribution in [1.29, 1.82) is 0 Å². The molecule has 2 unspecified atom stereocenters. The van der Waals surface area contributed by atoms with Gasteiger partial charge in [-0.15, -0.1) is 10.9 Å². The van der Waals surface area contributed by atoms with Crippen LogP contribution in [0.1, 0.15) is 57.9 Å². The first kappa shape index (κ1) is 37.8. The van der Waals surface area contributed by atoms with Crippen LogP contribution in [0.25, 0.3) is 11.2 Å². The second kappa shape index (κ2) is 18.0. The van der Waals surface area contributed by atoms with Gasteiger partial charge in [-0.1, -0.05) is 50.5 Å². The van der Waals surface area contributed by atoms with Crippen molar-refractivity contribution in [2.75, 3.05) is 26.1 Å². The number of methoxy groups -OCH3 is 1. The standard InChI is InChI=1S/C31H41F3N6O6P/c1-5-8-10-20(11-9-6-2)17-45-29(42)24(14-21-12-22(32)15-23(33)13-21)39-47(43)46-18-31(7-3,44-4)25(41)16-40-19-36-26-27(35)37-30(34)38-28(26)40/h3,12-13,15,19-20,24-25,41H,5-6,8-11,14,16-18H2,1-2,4H3,(H,39,43)(H2,35,37,38)/q+1/t24-,25-,31?/m0/s1. The number of hydrogen-bond acceptors (Lipinski definition) is 10. The maximum absolute atomic E-state index is 13.9. The number of benzene rings is 1. The molecular formula is C31H41F3N6O6P+. The van der Waals surface area contributed by atoms with Gasteiger partial charge >= 0.3 is 20.2 Å². The van der Waals surface area contributed by atoms with Gasteiger partial charge in [0.1, 0.15) is 29.9 Å². The van der Waals surface area contributed by atoms with Crippen LogP contribution >= 0.6 is 8.18 Å². The number of aliphatic hydroxyl groups excluding tert-OH is 1. The molecule has 3 aromatic rings. The van der Waals surface area contributed by atoms with E-state index in [0.29, 0.717) is 6.07 Å². The Hall–Kier alpha value is -3.67. The third kappa shape index (κ3) is 10.7. The fraction of sp³-hybridized carbons (Fsp3) is 0.548. The molecule has 0 fully saturated rings. The summed E-state index contributed by atoms with van der Waals surface area (Å²) in [5.74, 6) is -0.241. The second-order valence-electron chi connectivity index (χ2n) is 11.2. The van der Waals surface area contributed by atoms with Crippen molar-refractivity contribution in [2.45, 2.75) is 83.1 Å². The Morgan fingerprint density at radius 3 is 2.43 bits per heavy atom. The number of anilines is 1. The molecule has 3 rings (SSSR count). The molecule has 0 aliphatic carbocycles. The molecule has 256 valence electrons. The number of rotatable bonds is 20. The molecular weight excluding hydrogens is 640 g/mol. The lowest BCUT2D eigenvalue weighted by atomic mass is 9.97. The molecule has 0 amide bonds. The molecule has 0 saturated carbocycles. The number of unbranched alkanes of at least 4 members (excludes halogenated alkanes) is 2. The van der Waals surface area contributed by atoms with Crippen LogP contribution in [-0.2, 0) is 36.3 Å². The molecule has 0 aliphatic heterocycles. The van der Waals surface area contributed by atoms with Crippen molar-refractivity contribution < 1.29 is 41.6 Å². The number of nitrogens with one attached hydrogen (secondary N) is 1. The Bertz CT molecular complexity index is 1530. The molecule has 4 N–H and O–H groups in total. The van der Waals surface area contributed by atoms with E-state index in [-0.39, 0.29) is 48.0 Å². The number of ether oxygens (including phenoxy) is 2. The average Bonchev–Trinajstić information content (AvgIpc) is 3.42. The third-order valence-electron chi connectivity index (χ3n) is 7.68. The lowest BCUT2D eigenvalue weighted by Gasteiger charge is -2.30. The van der Waals surface area contributed by atoms with E-state index in [4.69, 9.17) is 26.2 Å². The zero-order valence-electron chi connectivity index (χ0n) is 26.6. The molecule has 0 bridgehead atoms. The quantitative estimate of drug-likeness (QED) is 0.0660.